The number of nitrogens with zero attached hydrogens (tertiary/aromatic N) is 1. The van der Waals surface area contributed by atoms with Gasteiger partial charge in [-0.15, -0.1) is 0 Å². The molecule has 100 valence electrons. The van der Waals surface area contributed by atoms with E-state index in [2.05, 4.69) is 31.4 Å². The predicted octanol–water partition coefficient (Wildman–Crippen LogP) is 2.92. The molecule has 0 saturated heterocycles. The lowest BCUT2D eigenvalue weighted by molar-refractivity contribution is 0.461. The molecule has 0 heterocycles. The molecule has 0 amide bonds. The van der Waals surface area contributed by atoms with Gasteiger partial charge in [-0.05, 0) is 32.1 Å². The highest BCUT2D eigenvalue weighted by atomic mass is 15.2. The Morgan fingerprint density at radius 1 is 1.29 bits per heavy atom. The van der Waals surface area contributed by atoms with Gasteiger partial charge in [-0.1, -0.05) is 33.1 Å². The average molecular weight is 239 g/mol. The fourth-order valence-corrected chi connectivity index (χ4v) is 1.88. The molecule has 1 unspecified atom stereocenters. The Labute approximate surface area is 106 Å². The maximum atomic E-state index is 4.71. The van der Waals surface area contributed by atoms with Gasteiger partial charge in [0.05, 0.1) is 0 Å². The Morgan fingerprint density at radius 3 is 2.59 bits per heavy atom. The molecule has 0 aliphatic heterocycles. The van der Waals surface area contributed by atoms with Gasteiger partial charge in [0.25, 0.3) is 0 Å². The van der Waals surface area contributed by atoms with E-state index in [9.17, 15) is 0 Å². The average Bonchev–Trinajstić information content (AvgIpc) is 3.13. The molecule has 1 aliphatic rings. The van der Waals surface area contributed by atoms with E-state index in [4.69, 9.17) is 4.99 Å². The lowest BCUT2D eigenvalue weighted by Crippen LogP contribution is -2.38. The van der Waals surface area contributed by atoms with Crippen molar-refractivity contribution >= 4 is 5.96 Å². The minimum absolute atomic E-state index is 0.684. The molecule has 2 N–H and O–H groups in total. The monoisotopic (exact) mass is 239 g/mol. The lowest BCUT2D eigenvalue weighted by atomic mass is 10.00. The van der Waals surface area contributed by atoms with Crippen molar-refractivity contribution in [2.75, 3.05) is 13.1 Å². The van der Waals surface area contributed by atoms with E-state index in [1.54, 1.807) is 0 Å². The molecule has 0 bridgehead atoms. The van der Waals surface area contributed by atoms with Crippen LogP contribution < -0.4 is 10.6 Å². The Hall–Kier alpha value is -0.730. The number of unbranched alkanes of at least 4 members (excludes halogenated alkanes) is 1. The molecule has 0 spiro atoms. The highest BCUT2D eigenvalue weighted by molar-refractivity contribution is 5.80. The van der Waals surface area contributed by atoms with Crippen LogP contribution in [-0.2, 0) is 0 Å². The van der Waals surface area contributed by atoms with Crippen LogP contribution in [0.2, 0.25) is 0 Å². The SMILES string of the molecule is CCCCC(CC)CN=C(NCC)NC1CC1. The number of aliphatic imine (C=N–C) groups is 1. The van der Waals surface area contributed by atoms with Crippen molar-refractivity contribution in [1.82, 2.24) is 10.6 Å². The third-order valence-electron chi connectivity index (χ3n) is 3.31. The van der Waals surface area contributed by atoms with E-state index >= 15 is 0 Å². The van der Waals surface area contributed by atoms with E-state index in [0.717, 1.165) is 25.0 Å². The zero-order valence-electron chi connectivity index (χ0n) is 11.8. The van der Waals surface area contributed by atoms with E-state index in [1.165, 1.54) is 38.5 Å². The second-order valence-electron chi connectivity index (χ2n) is 5.05. The van der Waals surface area contributed by atoms with Crippen molar-refractivity contribution in [2.24, 2.45) is 10.9 Å². The Kier molecular flexibility index (Phi) is 7.06. The highest BCUT2D eigenvalue weighted by Gasteiger charge is 2.22. The number of hydrogen-bond donors (Lipinski definition) is 2. The predicted molar refractivity (Wildman–Crippen MR) is 75.4 cm³/mol. The van der Waals surface area contributed by atoms with E-state index in [-0.39, 0.29) is 0 Å². The standard InChI is InChI=1S/C14H29N3/c1-4-7-8-12(5-2)11-16-14(15-6-3)17-13-9-10-13/h12-13H,4-11H2,1-3H3,(H2,15,16,17). The third kappa shape index (κ3) is 6.54. The summed E-state index contributed by atoms with van der Waals surface area (Å²) in [4.78, 5) is 4.71. The first kappa shape index (κ1) is 14.3. The van der Waals surface area contributed by atoms with Crippen molar-refractivity contribution in [3.8, 4) is 0 Å². The van der Waals surface area contributed by atoms with Crippen molar-refractivity contribution in [3.63, 3.8) is 0 Å². The molecule has 1 atom stereocenters. The number of hydrogen-bond acceptors (Lipinski definition) is 1. The van der Waals surface area contributed by atoms with Gasteiger partial charge in [0, 0.05) is 19.1 Å². The van der Waals surface area contributed by atoms with E-state index in [1.807, 2.05) is 0 Å². The quantitative estimate of drug-likeness (QED) is 0.505. The Bertz CT molecular complexity index is 222. The van der Waals surface area contributed by atoms with Crippen LogP contribution in [0.4, 0.5) is 0 Å². The first-order valence-corrected chi connectivity index (χ1v) is 7.34. The van der Waals surface area contributed by atoms with Crippen LogP contribution in [0, 0.1) is 5.92 Å². The molecular formula is C14H29N3. The lowest BCUT2D eigenvalue weighted by Gasteiger charge is -2.14. The van der Waals surface area contributed by atoms with Crippen LogP contribution in [0.5, 0.6) is 0 Å². The summed E-state index contributed by atoms with van der Waals surface area (Å²) in [6.45, 7) is 8.58. The second kappa shape index (κ2) is 8.37. The largest absolute Gasteiger partial charge is 0.357 e. The zero-order valence-corrected chi connectivity index (χ0v) is 11.8. The molecule has 3 heteroatoms. The van der Waals surface area contributed by atoms with E-state index < -0.39 is 0 Å². The summed E-state index contributed by atoms with van der Waals surface area (Å²) in [5.74, 6) is 1.77. The molecule has 0 aromatic rings. The zero-order chi connectivity index (χ0) is 12.5. The maximum Gasteiger partial charge on any atom is 0.191 e. The number of nitrogens with one attached hydrogen (secondary N) is 2. The summed E-state index contributed by atoms with van der Waals surface area (Å²) in [6, 6.07) is 0.684. The van der Waals surface area contributed by atoms with Gasteiger partial charge < -0.3 is 10.6 Å². The van der Waals surface area contributed by atoms with Crippen molar-refractivity contribution in [1.29, 1.82) is 0 Å². The molecule has 17 heavy (non-hydrogen) atoms. The van der Waals surface area contributed by atoms with Gasteiger partial charge in [-0.3, -0.25) is 4.99 Å². The smallest absolute Gasteiger partial charge is 0.191 e. The first-order chi connectivity index (χ1) is 8.30. The van der Waals surface area contributed by atoms with E-state index in [0.29, 0.717) is 6.04 Å². The Balaban J connectivity index is 2.32. The van der Waals surface area contributed by atoms with Gasteiger partial charge in [0.1, 0.15) is 0 Å². The molecule has 0 aromatic heterocycles. The normalized spacial score (nSPS) is 17.9. The highest BCUT2D eigenvalue weighted by Crippen LogP contribution is 2.18. The topological polar surface area (TPSA) is 36.4 Å². The van der Waals surface area contributed by atoms with Crippen LogP contribution in [0.1, 0.15) is 59.3 Å². The molecule has 0 radical (unpaired) electrons. The first-order valence-electron chi connectivity index (χ1n) is 7.34. The van der Waals surface area contributed by atoms with Crippen LogP contribution in [0.3, 0.4) is 0 Å². The van der Waals surface area contributed by atoms with Gasteiger partial charge in [-0.25, -0.2) is 0 Å². The van der Waals surface area contributed by atoms with Gasteiger partial charge >= 0.3 is 0 Å². The summed E-state index contributed by atoms with van der Waals surface area (Å²) in [5, 5.41) is 6.79. The van der Waals surface area contributed by atoms with Gasteiger partial charge in [0.2, 0.25) is 0 Å². The molecule has 1 fully saturated rings. The fourth-order valence-electron chi connectivity index (χ4n) is 1.88. The number of guanidine groups is 1. The minimum atomic E-state index is 0.684. The minimum Gasteiger partial charge on any atom is -0.357 e. The molecular weight excluding hydrogens is 210 g/mol. The molecule has 1 saturated carbocycles. The van der Waals surface area contributed by atoms with Crippen LogP contribution in [0.15, 0.2) is 4.99 Å². The summed E-state index contributed by atoms with van der Waals surface area (Å²) >= 11 is 0. The Morgan fingerprint density at radius 2 is 2.06 bits per heavy atom. The maximum absolute atomic E-state index is 4.71. The molecule has 1 rings (SSSR count). The number of rotatable bonds is 8. The van der Waals surface area contributed by atoms with Gasteiger partial charge in [0.15, 0.2) is 5.96 Å². The van der Waals surface area contributed by atoms with Crippen LogP contribution in [0.25, 0.3) is 0 Å². The molecule has 0 aromatic carbocycles. The van der Waals surface area contributed by atoms with Crippen LogP contribution >= 0.6 is 0 Å². The second-order valence-corrected chi connectivity index (χ2v) is 5.05. The van der Waals surface area contributed by atoms with Gasteiger partial charge in [-0.2, -0.15) is 0 Å². The summed E-state index contributed by atoms with van der Waals surface area (Å²) < 4.78 is 0. The van der Waals surface area contributed by atoms with Crippen molar-refractivity contribution in [3.05, 3.63) is 0 Å². The van der Waals surface area contributed by atoms with Crippen molar-refractivity contribution < 1.29 is 0 Å². The molecule has 1 aliphatic carbocycles. The fraction of sp³-hybridized carbons (Fsp3) is 0.929. The third-order valence-corrected chi connectivity index (χ3v) is 3.31. The van der Waals surface area contributed by atoms with Crippen LogP contribution in [-0.4, -0.2) is 25.1 Å². The summed E-state index contributed by atoms with van der Waals surface area (Å²) in [5.41, 5.74) is 0. The molecule has 3 nitrogen and oxygen atoms in total. The van der Waals surface area contributed by atoms with Crippen molar-refractivity contribution in [2.45, 2.75) is 65.3 Å². The summed E-state index contributed by atoms with van der Waals surface area (Å²) in [6.07, 6.45) is 7.79. The summed E-state index contributed by atoms with van der Waals surface area (Å²) in [7, 11) is 0.